The van der Waals surface area contributed by atoms with Crippen molar-refractivity contribution in [2.24, 2.45) is 0 Å². The summed E-state index contributed by atoms with van der Waals surface area (Å²) < 4.78 is 9.38. The number of ether oxygens (including phenoxy) is 2. The molecule has 1 aliphatic rings. The molecule has 1 heterocycles. The molecule has 0 bridgehead atoms. The van der Waals surface area contributed by atoms with Gasteiger partial charge in [-0.2, -0.15) is 0 Å². The van der Waals surface area contributed by atoms with Crippen molar-refractivity contribution in [3.63, 3.8) is 0 Å². The van der Waals surface area contributed by atoms with Crippen molar-refractivity contribution < 1.29 is 38.9 Å². The van der Waals surface area contributed by atoms with E-state index in [1.807, 2.05) is 0 Å². The highest BCUT2D eigenvalue weighted by atomic mass is 16.6. The normalized spacial score (nSPS) is 18.2. The lowest BCUT2D eigenvalue weighted by Gasteiger charge is -2.13. The van der Waals surface area contributed by atoms with E-state index in [-0.39, 0.29) is 23.8 Å². The number of rotatable bonds is 2. The Morgan fingerprint density at radius 1 is 1.00 bits per heavy atom. The second-order valence-electron chi connectivity index (χ2n) is 4.37. The number of carbonyl (C=O) groups is 4. The fourth-order valence-electron chi connectivity index (χ4n) is 1.51. The monoisotopic (exact) mass is 322 g/mol. The molecule has 1 aliphatic heterocycles. The molecule has 0 spiro atoms. The molecule has 1 aromatic rings. The van der Waals surface area contributed by atoms with Gasteiger partial charge < -0.3 is 19.7 Å². The molecule has 1 aromatic carbocycles. The number of carbonyl (C=O) groups excluding carboxylic acids is 2. The molecule has 0 aromatic heterocycles. The zero-order valence-corrected chi connectivity index (χ0v) is 12.1. The minimum Gasteiger partial charge on any atom is -0.478 e. The molecule has 8 nitrogen and oxygen atoms in total. The Bertz CT molecular complexity index is 614. The van der Waals surface area contributed by atoms with Crippen molar-refractivity contribution in [2.45, 2.75) is 13.0 Å². The van der Waals surface area contributed by atoms with Crippen LogP contribution >= 0.6 is 0 Å². The van der Waals surface area contributed by atoms with Crippen LogP contribution in [0.15, 0.2) is 36.4 Å². The van der Waals surface area contributed by atoms with E-state index in [2.05, 4.69) is 4.74 Å². The van der Waals surface area contributed by atoms with Crippen molar-refractivity contribution in [1.29, 1.82) is 0 Å². The Labute approximate surface area is 130 Å². The van der Waals surface area contributed by atoms with Gasteiger partial charge in [-0.1, -0.05) is 12.1 Å². The van der Waals surface area contributed by atoms with E-state index in [9.17, 15) is 19.2 Å². The van der Waals surface area contributed by atoms with E-state index in [0.29, 0.717) is 0 Å². The molecule has 2 rings (SSSR count). The number of carboxylic acids is 2. The van der Waals surface area contributed by atoms with Crippen molar-refractivity contribution in [2.75, 3.05) is 6.61 Å². The Hall–Kier alpha value is -3.16. The van der Waals surface area contributed by atoms with Gasteiger partial charge in [0, 0.05) is 12.2 Å². The Morgan fingerprint density at radius 3 is 1.96 bits per heavy atom. The van der Waals surface area contributed by atoms with E-state index >= 15 is 0 Å². The molecular weight excluding hydrogens is 308 g/mol. The molecule has 2 N–H and O–H groups in total. The number of carboxylic acid groups (broad SMARTS) is 2. The number of benzene rings is 1. The third kappa shape index (κ3) is 6.00. The summed E-state index contributed by atoms with van der Waals surface area (Å²) in [5.41, 5.74) is -0.380. The maximum Gasteiger partial charge on any atom is 0.336 e. The largest absolute Gasteiger partial charge is 0.478 e. The van der Waals surface area contributed by atoms with Crippen LogP contribution in [0, 0.1) is 0 Å². The quantitative estimate of drug-likeness (QED) is 0.775. The molecule has 1 atom stereocenters. The number of hydrogen-bond donors (Lipinski definition) is 2. The first-order valence-corrected chi connectivity index (χ1v) is 6.42. The van der Waals surface area contributed by atoms with Gasteiger partial charge in [0.1, 0.15) is 12.7 Å². The summed E-state index contributed by atoms with van der Waals surface area (Å²) in [6.07, 6.45) is 1.74. The molecule has 0 aliphatic carbocycles. The SMILES string of the molecule is CC1COC(=O)/C=C\C(=O)O1.O=C(O)c1ccccc1C(=O)O. The topological polar surface area (TPSA) is 127 Å². The molecule has 8 heteroatoms. The summed E-state index contributed by atoms with van der Waals surface area (Å²) in [4.78, 5) is 42.2. The molecule has 0 saturated heterocycles. The van der Waals surface area contributed by atoms with Crippen LogP contribution in [0.4, 0.5) is 0 Å². The first kappa shape index (κ1) is 17.9. The van der Waals surface area contributed by atoms with Crippen LogP contribution in [0.25, 0.3) is 0 Å². The Balaban J connectivity index is 0.000000231. The average molecular weight is 322 g/mol. The average Bonchev–Trinajstić information content (AvgIpc) is 2.50. The highest BCUT2D eigenvalue weighted by Crippen LogP contribution is 2.07. The summed E-state index contributed by atoms with van der Waals surface area (Å²) in [6.45, 7) is 1.78. The van der Waals surface area contributed by atoms with Gasteiger partial charge in [0.15, 0.2) is 0 Å². The minimum absolute atomic E-state index is 0.120. The second kappa shape index (κ2) is 8.32. The molecule has 0 fully saturated rings. The van der Waals surface area contributed by atoms with Crippen LogP contribution in [0.5, 0.6) is 0 Å². The fourth-order valence-corrected chi connectivity index (χ4v) is 1.51. The molecular formula is C15H14O8. The van der Waals surface area contributed by atoms with Crippen LogP contribution in [0.3, 0.4) is 0 Å². The molecule has 1 unspecified atom stereocenters. The lowest BCUT2D eigenvalue weighted by Crippen LogP contribution is -2.23. The van der Waals surface area contributed by atoms with Gasteiger partial charge in [-0.25, -0.2) is 19.2 Å². The van der Waals surface area contributed by atoms with Gasteiger partial charge in [-0.3, -0.25) is 0 Å². The number of esters is 2. The number of aromatic carboxylic acids is 2. The molecule has 0 amide bonds. The van der Waals surface area contributed by atoms with E-state index in [4.69, 9.17) is 14.9 Å². The second-order valence-corrected chi connectivity index (χ2v) is 4.37. The van der Waals surface area contributed by atoms with Gasteiger partial charge in [0.2, 0.25) is 0 Å². The molecule has 122 valence electrons. The van der Waals surface area contributed by atoms with Crippen molar-refractivity contribution in [3.8, 4) is 0 Å². The fraction of sp³-hybridized carbons (Fsp3) is 0.200. The highest BCUT2D eigenvalue weighted by molar-refractivity contribution is 6.01. The van der Waals surface area contributed by atoms with E-state index in [0.717, 1.165) is 12.2 Å². The van der Waals surface area contributed by atoms with Crippen molar-refractivity contribution in [3.05, 3.63) is 47.5 Å². The van der Waals surface area contributed by atoms with Crippen LogP contribution in [0.2, 0.25) is 0 Å². The standard InChI is InChI=1S/C8H6O4.C7H8O4/c9-7(10)5-3-1-2-4-6(5)8(11)12;1-5-4-10-6(8)2-3-7(9)11-5/h1-4H,(H,9,10)(H,11,12);2-3,5H,4H2,1H3/b;3-2-. The predicted molar refractivity (Wildman–Crippen MR) is 76.0 cm³/mol. The predicted octanol–water partition coefficient (Wildman–Crippen LogP) is 1.11. The zero-order valence-electron chi connectivity index (χ0n) is 12.1. The summed E-state index contributed by atoms with van der Waals surface area (Å²) in [6, 6.07) is 5.48. The number of cyclic esters (lactones) is 2. The molecule has 0 radical (unpaired) electrons. The summed E-state index contributed by atoms with van der Waals surface area (Å²) in [7, 11) is 0. The maximum absolute atomic E-state index is 10.7. The van der Waals surface area contributed by atoms with Gasteiger partial charge in [0.25, 0.3) is 0 Å². The summed E-state index contributed by atoms with van der Waals surface area (Å²) in [5, 5.41) is 17.1. The van der Waals surface area contributed by atoms with E-state index in [1.165, 1.54) is 24.3 Å². The van der Waals surface area contributed by atoms with E-state index in [1.54, 1.807) is 6.92 Å². The molecule has 0 saturated carbocycles. The van der Waals surface area contributed by atoms with Crippen LogP contribution < -0.4 is 0 Å². The van der Waals surface area contributed by atoms with Crippen molar-refractivity contribution >= 4 is 23.9 Å². The van der Waals surface area contributed by atoms with Gasteiger partial charge in [0.05, 0.1) is 11.1 Å². The summed E-state index contributed by atoms with van der Waals surface area (Å²) >= 11 is 0. The maximum atomic E-state index is 10.7. The van der Waals surface area contributed by atoms with Gasteiger partial charge in [-0.15, -0.1) is 0 Å². The third-order valence-corrected chi connectivity index (χ3v) is 2.52. The van der Waals surface area contributed by atoms with Crippen LogP contribution in [-0.2, 0) is 19.1 Å². The van der Waals surface area contributed by atoms with Crippen LogP contribution in [0.1, 0.15) is 27.6 Å². The summed E-state index contributed by atoms with van der Waals surface area (Å²) in [5.74, 6) is -3.47. The zero-order chi connectivity index (χ0) is 17.4. The lowest BCUT2D eigenvalue weighted by atomic mass is 10.1. The van der Waals surface area contributed by atoms with Gasteiger partial charge >= 0.3 is 23.9 Å². The first-order valence-electron chi connectivity index (χ1n) is 6.42. The minimum atomic E-state index is -1.23. The highest BCUT2D eigenvalue weighted by Gasteiger charge is 2.14. The Morgan fingerprint density at radius 2 is 1.48 bits per heavy atom. The van der Waals surface area contributed by atoms with Crippen LogP contribution in [-0.4, -0.2) is 46.8 Å². The molecule has 23 heavy (non-hydrogen) atoms. The smallest absolute Gasteiger partial charge is 0.336 e. The Kier molecular flexibility index (Phi) is 6.47. The first-order chi connectivity index (χ1) is 10.8. The lowest BCUT2D eigenvalue weighted by molar-refractivity contribution is -0.153. The van der Waals surface area contributed by atoms with E-state index < -0.39 is 23.9 Å². The van der Waals surface area contributed by atoms with Crippen molar-refractivity contribution in [1.82, 2.24) is 0 Å². The third-order valence-electron chi connectivity index (χ3n) is 2.52. The number of hydrogen-bond acceptors (Lipinski definition) is 6. The van der Waals surface area contributed by atoms with Gasteiger partial charge in [-0.05, 0) is 19.1 Å².